The molecule has 0 fully saturated rings. The van der Waals surface area contributed by atoms with E-state index in [0.717, 1.165) is 50.7 Å². The Balaban J connectivity index is 0.00000168. The minimum atomic E-state index is 0.812. The molecule has 0 spiro atoms. The van der Waals surface area contributed by atoms with Crippen molar-refractivity contribution in [1.29, 1.82) is 0 Å². The molecule has 0 aliphatic rings. The lowest BCUT2D eigenvalue weighted by molar-refractivity contribution is 0.669. The first kappa shape index (κ1) is 28.6. The zero-order valence-corrected chi connectivity index (χ0v) is 25.2. The van der Waals surface area contributed by atoms with Crippen LogP contribution < -0.4 is 0 Å². The van der Waals surface area contributed by atoms with E-state index in [9.17, 15) is 0 Å². The summed E-state index contributed by atoms with van der Waals surface area (Å²) in [4.78, 5) is 5.04. The zero-order chi connectivity index (χ0) is 30.1. The number of nitrogens with zero attached hydrogens (tertiary/aromatic N) is 1. The summed E-state index contributed by atoms with van der Waals surface area (Å²) in [5, 5.41) is 2.16. The van der Waals surface area contributed by atoms with Gasteiger partial charge < -0.3 is 4.42 Å². The van der Waals surface area contributed by atoms with Crippen LogP contribution in [0.2, 0.25) is 0 Å². The summed E-state index contributed by atoms with van der Waals surface area (Å²) in [5.41, 5.74) is 10.8. The topological polar surface area (TPSA) is 25.5 Å². The van der Waals surface area contributed by atoms with Gasteiger partial charge in [0.25, 0.3) is 0 Å². The minimum absolute atomic E-state index is 0.812. The fourth-order valence-corrected chi connectivity index (χ4v) is 5.47. The van der Waals surface area contributed by atoms with Gasteiger partial charge in [-0.25, -0.2) is 0 Å². The van der Waals surface area contributed by atoms with E-state index in [1.165, 1.54) is 22.3 Å². The third-order valence-corrected chi connectivity index (χ3v) is 7.62. The van der Waals surface area contributed by atoms with E-state index in [4.69, 9.17) is 9.41 Å². The highest BCUT2D eigenvalue weighted by atomic mass is 16.3. The van der Waals surface area contributed by atoms with E-state index in [-0.39, 0.29) is 0 Å². The van der Waals surface area contributed by atoms with Crippen molar-refractivity contribution in [2.75, 3.05) is 0 Å². The molecule has 1 heterocycles. The smallest absolute Gasteiger partial charge is 0.136 e. The van der Waals surface area contributed by atoms with E-state index in [1.54, 1.807) is 0 Å². The normalized spacial score (nSPS) is 11.5. The van der Waals surface area contributed by atoms with Crippen molar-refractivity contribution in [3.8, 4) is 22.3 Å². The number of hydrogen-bond acceptors (Lipinski definition) is 2. The number of furan rings is 1. The van der Waals surface area contributed by atoms with Gasteiger partial charge in [-0.1, -0.05) is 147 Å². The average molecular weight is 570 g/mol. The van der Waals surface area contributed by atoms with Crippen molar-refractivity contribution in [2.45, 2.75) is 20.3 Å². The number of fused-ring (bicyclic) bond motifs is 3. The Labute approximate surface area is 259 Å². The lowest BCUT2D eigenvalue weighted by Crippen LogP contribution is -1.88. The summed E-state index contributed by atoms with van der Waals surface area (Å²) in [5.74, 6) is 0. The first-order valence-electron chi connectivity index (χ1n) is 15.3. The molecule has 0 saturated carbocycles. The van der Waals surface area contributed by atoms with Crippen LogP contribution in [0.1, 0.15) is 30.5 Å². The van der Waals surface area contributed by atoms with Crippen molar-refractivity contribution < 1.29 is 4.42 Å². The van der Waals surface area contributed by atoms with Crippen LogP contribution in [0.5, 0.6) is 0 Å². The Morgan fingerprint density at radius 2 is 1.18 bits per heavy atom. The largest absolute Gasteiger partial charge is 0.456 e. The molecule has 2 heteroatoms. The molecular weight excluding hydrogens is 534 g/mol. The third kappa shape index (κ3) is 6.30. The van der Waals surface area contributed by atoms with Gasteiger partial charge >= 0.3 is 0 Å². The van der Waals surface area contributed by atoms with Crippen molar-refractivity contribution in [3.63, 3.8) is 0 Å². The first-order chi connectivity index (χ1) is 21.8. The summed E-state index contributed by atoms with van der Waals surface area (Å²) in [7, 11) is 0. The fourth-order valence-electron chi connectivity index (χ4n) is 5.47. The molecule has 7 rings (SSSR count). The zero-order valence-electron chi connectivity index (χ0n) is 25.2. The maximum absolute atomic E-state index is 6.30. The number of rotatable bonds is 7. The molecule has 0 atom stereocenters. The Bertz CT molecular complexity index is 2030. The quantitative estimate of drug-likeness (QED) is 0.175. The molecule has 0 radical (unpaired) electrons. The van der Waals surface area contributed by atoms with Gasteiger partial charge in [0, 0.05) is 22.6 Å². The molecule has 1 aromatic heterocycles. The molecule has 44 heavy (non-hydrogen) atoms. The second-order valence-electron chi connectivity index (χ2n) is 10.4. The molecule has 0 bridgehead atoms. The maximum atomic E-state index is 6.30. The van der Waals surface area contributed by atoms with Crippen molar-refractivity contribution in [2.24, 2.45) is 4.99 Å². The van der Waals surface area contributed by atoms with Gasteiger partial charge in [0.1, 0.15) is 11.2 Å². The first-order valence-corrected chi connectivity index (χ1v) is 15.3. The molecule has 7 aromatic rings. The maximum Gasteiger partial charge on any atom is 0.136 e. The van der Waals surface area contributed by atoms with Crippen LogP contribution in [0.3, 0.4) is 0 Å². The van der Waals surface area contributed by atoms with Gasteiger partial charge in [0.15, 0.2) is 0 Å². The Hall–Kier alpha value is -5.47. The van der Waals surface area contributed by atoms with Crippen LogP contribution in [-0.4, -0.2) is 6.21 Å². The van der Waals surface area contributed by atoms with Crippen LogP contribution in [-0.2, 0) is 6.42 Å². The molecule has 2 nitrogen and oxygen atoms in total. The third-order valence-electron chi connectivity index (χ3n) is 7.62. The van der Waals surface area contributed by atoms with E-state index in [1.807, 2.05) is 50.4 Å². The van der Waals surface area contributed by atoms with Crippen LogP contribution >= 0.6 is 0 Å². The average Bonchev–Trinajstić information content (AvgIpc) is 3.49. The molecule has 0 saturated heterocycles. The molecule has 214 valence electrons. The molecule has 0 amide bonds. The summed E-state index contributed by atoms with van der Waals surface area (Å²) >= 11 is 0. The monoisotopic (exact) mass is 569 g/mol. The standard InChI is InChI=1S/C40H29NO.C2H6/c1-4-12-29(13-5-1)22-24-37(31-16-8-3-9-17-31)41-28-35-20-11-21-39-40(35)36-27-34(23-25-38(36)42-39)33-19-10-18-32(26-33)30-14-6-2-7-15-30;1-2/h1-21,23-28H,22H2;1-2H3/b37-24-,41-28?;. The molecule has 0 aliphatic heterocycles. The molecule has 0 N–H and O–H groups in total. The lowest BCUT2D eigenvalue weighted by atomic mass is 9.97. The predicted octanol–water partition coefficient (Wildman–Crippen LogP) is 11.6. The second kappa shape index (κ2) is 13.7. The van der Waals surface area contributed by atoms with Crippen LogP contribution in [0.15, 0.2) is 167 Å². The van der Waals surface area contributed by atoms with Gasteiger partial charge in [-0.3, -0.25) is 4.99 Å². The Morgan fingerprint density at radius 1 is 0.568 bits per heavy atom. The van der Waals surface area contributed by atoms with Gasteiger partial charge in [-0.05, 0) is 64.1 Å². The van der Waals surface area contributed by atoms with Crippen molar-refractivity contribution in [3.05, 3.63) is 174 Å². The van der Waals surface area contributed by atoms with E-state index < -0.39 is 0 Å². The summed E-state index contributed by atoms with van der Waals surface area (Å²) in [6.07, 6.45) is 4.99. The number of allylic oxidation sites excluding steroid dienone is 1. The number of hydrogen-bond donors (Lipinski definition) is 0. The minimum Gasteiger partial charge on any atom is -0.456 e. The lowest BCUT2D eigenvalue weighted by Gasteiger charge is -2.07. The summed E-state index contributed by atoms with van der Waals surface area (Å²) in [6.45, 7) is 4.00. The molecule has 6 aromatic carbocycles. The van der Waals surface area contributed by atoms with Crippen molar-refractivity contribution in [1.82, 2.24) is 0 Å². The van der Waals surface area contributed by atoms with Gasteiger partial charge in [0.2, 0.25) is 0 Å². The summed E-state index contributed by atoms with van der Waals surface area (Å²) in [6, 6.07) is 52.7. The van der Waals surface area contributed by atoms with Crippen LogP contribution in [0.4, 0.5) is 0 Å². The fraction of sp³-hybridized carbons (Fsp3) is 0.0714. The summed E-state index contributed by atoms with van der Waals surface area (Å²) < 4.78 is 6.30. The van der Waals surface area contributed by atoms with Gasteiger partial charge in [-0.15, -0.1) is 0 Å². The SMILES string of the molecule is C(=N/C(=C\Cc1ccccc1)c1ccccc1)c1cccc2oc3ccc(-c4cccc(-c5ccccc5)c4)cc3c12.CC. The Morgan fingerprint density at radius 3 is 1.93 bits per heavy atom. The second-order valence-corrected chi connectivity index (χ2v) is 10.4. The molecular formula is C42H35NO. The van der Waals surface area contributed by atoms with Gasteiger partial charge in [-0.2, -0.15) is 0 Å². The van der Waals surface area contributed by atoms with Crippen LogP contribution in [0.25, 0.3) is 49.9 Å². The highest BCUT2D eigenvalue weighted by Crippen LogP contribution is 2.35. The number of benzene rings is 6. The van der Waals surface area contributed by atoms with Gasteiger partial charge in [0.05, 0.1) is 5.70 Å². The highest BCUT2D eigenvalue weighted by Gasteiger charge is 2.12. The molecule has 0 unspecified atom stereocenters. The predicted molar refractivity (Wildman–Crippen MR) is 188 cm³/mol. The molecule has 0 aliphatic carbocycles. The van der Waals surface area contributed by atoms with E-state index in [0.29, 0.717) is 0 Å². The van der Waals surface area contributed by atoms with E-state index in [2.05, 4.69) is 127 Å². The highest BCUT2D eigenvalue weighted by molar-refractivity contribution is 6.14. The van der Waals surface area contributed by atoms with Crippen LogP contribution in [0, 0.1) is 0 Å². The van der Waals surface area contributed by atoms with E-state index >= 15 is 0 Å². The van der Waals surface area contributed by atoms with Crippen molar-refractivity contribution >= 4 is 33.9 Å². The number of aliphatic imine (C=N–C) groups is 1. The Kier molecular flexibility index (Phi) is 8.90.